The molecule has 3 aromatic rings. The molecule has 0 radical (unpaired) electrons. The second-order valence-electron chi connectivity index (χ2n) is 7.03. The summed E-state index contributed by atoms with van der Waals surface area (Å²) in [4.78, 5) is 0. The number of unbranched alkanes of at least 4 members (excludes halogenated alkanes) is 2. The van der Waals surface area contributed by atoms with Gasteiger partial charge in [-0.2, -0.15) is 0 Å². The molecule has 0 saturated heterocycles. The third kappa shape index (κ3) is 4.81. The maximum Gasteiger partial charge on any atom is 0.169 e. The summed E-state index contributed by atoms with van der Waals surface area (Å²) in [6.07, 6.45) is 4.28. The number of halogens is 3. The Morgan fingerprint density at radius 3 is 2.31 bits per heavy atom. The zero-order valence-electron chi connectivity index (χ0n) is 16.8. The average molecular weight is 398 g/mol. The largest absolute Gasteiger partial charge is 0.494 e. The highest BCUT2D eigenvalue weighted by atomic mass is 19.2. The van der Waals surface area contributed by atoms with E-state index in [0.717, 1.165) is 31.2 Å². The molecule has 0 saturated carbocycles. The SMILES string of the molecule is CCCCCc1ccc2c(F)c(C(F)=C(F)c3ccc(OCC)cc3)ccc2c1. The Labute approximate surface area is 169 Å². The predicted octanol–water partition coefficient (Wildman–Crippen LogP) is 7.88. The summed E-state index contributed by atoms with van der Waals surface area (Å²) in [6, 6.07) is 14.3. The van der Waals surface area contributed by atoms with Gasteiger partial charge in [0.25, 0.3) is 0 Å². The van der Waals surface area contributed by atoms with E-state index in [2.05, 4.69) is 6.92 Å². The van der Waals surface area contributed by atoms with Crippen molar-refractivity contribution < 1.29 is 17.9 Å². The van der Waals surface area contributed by atoms with Crippen LogP contribution in [0, 0.1) is 5.82 Å². The molecule has 0 aliphatic heterocycles. The van der Waals surface area contributed by atoms with Gasteiger partial charge in [-0.25, -0.2) is 13.2 Å². The zero-order chi connectivity index (χ0) is 20.8. The number of hydrogen-bond donors (Lipinski definition) is 0. The number of fused-ring (bicyclic) bond motifs is 1. The number of hydrogen-bond acceptors (Lipinski definition) is 1. The lowest BCUT2D eigenvalue weighted by atomic mass is 9.99. The molecule has 152 valence electrons. The van der Waals surface area contributed by atoms with Crippen molar-refractivity contribution in [2.24, 2.45) is 0 Å². The average Bonchev–Trinajstić information content (AvgIpc) is 2.74. The summed E-state index contributed by atoms with van der Waals surface area (Å²) >= 11 is 0. The molecule has 0 aromatic heterocycles. The van der Waals surface area contributed by atoms with Gasteiger partial charge in [0.1, 0.15) is 11.6 Å². The van der Waals surface area contributed by atoms with Gasteiger partial charge < -0.3 is 4.74 Å². The van der Waals surface area contributed by atoms with Crippen LogP contribution in [0.1, 0.15) is 49.8 Å². The number of rotatable bonds is 8. The van der Waals surface area contributed by atoms with Crippen LogP contribution in [0.4, 0.5) is 13.2 Å². The Balaban J connectivity index is 1.92. The third-order valence-electron chi connectivity index (χ3n) is 4.94. The minimum Gasteiger partial charge on any atom is -0.494 e. The molecule has 0 unspecified atom stereocenters. The maximum atomic E-state index is 14.9. The first-order valence-electron chi connectivity index (χ1n) is 10.0. The van der Waals surface area contributed by atoms with Crippen molar-refractivity contribution in [3.63, 3.8) is 0 Å². The standard InChI is InChI=1S/C25H25F3O/c1-3-5-6-7-17-8-14-21-19(16-17)11-15-22(24(21)27)25(28)23(26)18-9-12-20(13-10-18)29-4-2/h8-16H,3-7H2,1-2H3. The molecule has 0 aliphatic carbocycles. The van der Waals surface area contributed by atoms with Gasteiger partial charge in [0.2, 0.25) is 0 Å². The van der Waals surface area contributed by atoms with Crippen LogP contribution in [0.5, 0.6) is 5.75 Å². The Bertz CT molecular complexity index is 1010. The van der Waals surface area contributed by atoms with Crippen LogP contribution < -0.4 is 4.74 Å². The highest BCUT2D eigenvalue weighted by Crippen LogP contribution is 2.34. The molecule has 0 amide bonds. The fourth-order valence-electron chi connectivity index (χ4n) is 3.35. The topological polar surface area (TPSA) is 9.23 Å². The lowest BCUT2D eigenvalue weighted by Crippen LogP contribution is -1.93. The highest BCUT2D eigenvalue weighted by Gasteiger charge is 2.17. The summed E-state index contributed by atoms with van der Waals surface area (Å²) in [5.41, 5.74) is 0.786. The highest BCUT2D eigenvalue weighted by molar-refractivity contribution is 5.91. The molecule has 1 nitrogen and oxygen atoms in total. The quantitative estimate of drug-likeness (QED) is 0.277. The molecular weight excluding hydrogens is 373 g/mol. The van der Waals surface area contributed by atoms with Crippen LogP contribution in [-0.4, -0.2) is 6.61 Å². The van der Waals surface area contributed by atoms with Crippen molar-refractivity contribution in [3.05, 3.63) is 77.1 Å². The minimum absolute atomic E-state index is 0.0386. The second kappa shape index (κ2) is 9.64. The van der Waals surface area contributed by atoms with Crippen molar-refractivity contribution in [1.29, 1.82) is 0 Å². The summed E-state index contributed by atoms with van der Waals surface area (Å²) in [5.74, 6) is -2.49. The summed E-state index contributed by atoms with van der Waals surface area (Å²) in [7, 11) is 0. The first kappa shape index (κ1) is 21.0. The molecule has 3 aromatic carbocycles. The van der Waals surface area contributed by atoms with E-state index in [9.17, 15) is 13.2 Å². The molecule has 4 heteroatoms. The first-order valence-corrected chi connectivity index (χ1v) is 10.0. The van der Waals surface area contributed by atoms with E-state index in [1.165, 1.54) is 18.2 Å². The van der Waals surface area contributed by atoms with Crippen LogP contribution in [0.2, 0.25) is 0 Å². The summed E-state index contributed by atoms with van der Waals surface area (Å²) in [5, 5.41) is 0.978. The number of aryl methyl sites for hydroxylation is 1. The lowest BCUT2D eigenvalue weighted by molar-refractivity contribution is 0.340. The summed E-state index contributed by atoms with van der Waals surface area (Å²) < 4.78 is 49.7. The van der Waals surface area contributed by atoms with Gasteiger partial charge in [0.05, 0.1) is 6.61 Å². The Morgan fingerprint density at radius 2 is 1.62 bits per heavy atom. The third-order valence-corrected chi connectivity index (χ3v) is 4.94. The van der Waals surface area contributed by atoms with E-state index in [-0.39, 0.29) is 16.5 Å². The predicted molar refractivity (Wildman–Crippen MR) is 114 cm³/mol. The maximum absolute atomic E-state index is 14.9. The molecule has 29 heavy (non-hydrogen) atoms. The lowest BCUT2D eigenvalue weighted by Gasteiger charge is -2.09. The van der Waals surface area contributed by atoms with Crippen LogP contribution >= 0.6 is 0 Å². The monoisotopic (exact) mass is 398 g/mol. The van der Waals surface area contributed by atoms with Crippen molar-refractivity contribution in [2.75, 3.05) is 6.61 Å². The smallest absolute Gasteiger partial charge is 0.169 e. The first-order chi connectivity index (χ1) is 14.0. The van der Waals surface area contributed by atoms with Crippen molar-refractivity contribution in [1.82, 2.24) is 0 Å². The molecule has 0 bridgehead atoms. The van der Waals surface area contributed by atoms with Gasteiger partial charge in [-0.3, -0.25) is 0 Å². The van der Waals surface area contributed by atoms with Gasteiger partial charge in [0, 0.05) is 16.5 Å². The molecule has 0 fully saturated rings. The zero-order valence-corrected chi connectivity index (χ0v) is 16.8. The van der Waals surface area contributed by atoms with Crippen molar-refractivity contribution in [2.45, 2.75) is 39.5 Å². The molecular formula is C25H25F3O. The van der Waals surface area contributed by atoms with E-state index in [1.807, 2.05) is 19.1 Å². The normalized spacial score (nSPS) is 12.2. The summed E-state index contributed by atoms with van der Waals surface area (Å²) in [6.45, 7) is 4.46. The van der Waals surface area contributed by atoms with Crippen LogP contribution in [-0.2, 0) is 6.42 Å². The molecule has 0 spiro atoms. The van der Waals surface area contributed by atoms with E-state index in [4.69, 9.17) is 4.74 Å². The minimum atomic E-state index is -1.21. The van der Waals surface area contributed by atoms with E-state index in [1.54, 1.807) is 24.3 Å². The molecule has 0 N–H and O–H groups in total. The van der Waals surface area contributed by atoms with Gasteiger partial charge in [-0.05, 0) is 61.0 Å². The van der Waals surface area contributed by atoms with Gasteiger partial charge in [0.15, 0.2) is 11.7 Å². The molecule has 3 rings (SSSR count). The fraction of sp³-hybridized carbons (Fsp3) is 0.280. The van der Waals surface area contributed by atoms with Gasteiger partial charge >= 0.3 is 0 Å². The van der Waals surface area contributed by atoms with E-state index >= 15 is 0 Å². The second-order valence-corrected chi connectivity index (χ2v) is 7.03. The number of ether oxygens (including phenoxy) is 1. The molecule has 0 atom stereocenters. The van der Waals surface area contributed by atoms with Crippen molar-refractivity contribution in [3.8, 4) is 5.75 Å². The van der Waals surface area contributed by atoms with Gasteiger partial charge in [-0.15, -0.1) is 0 Å². The molecule has 0 heterocycles. The Hall–Kier alpha value is -2.75. The van der Waals surface area contributed by atoms with Crippen LogP contribution in [0.25, 0.3) is 22.4 Å². The van der Waals surface area contributed by atoms with Crippen molar-refractivity contribution >= 4 is 22.4 Å². The van der Waals surface area contributed by atoms with E-state index < -0.39 is 17.5 Å². The Kier molecular flexibility index (Phi) is 6.97. The fourth-order valence-corrected chi connectivity index (χ4v) is 3.35. The molecule has 0 aliphatic rings. The van der Waals surface area contributed by atoms with Crippen LogP contribution in [0.15, 0.2) is 54.6 Å². The Morgan fingerprint density at radius 1 is 0.862 bits per heavy atom. The van der Waals surface area contributed by atoms with E-state index in [0.29, 0.717) is 17.7 Å². The van der Waals surface area contributed by atoms with Gasteiger partial charge in [-0.1, -0.05) is 44.0 Å². The number of benzene rings is 3. The van der Waals surface area contributed by atoms with Crippen LogP contribution in [0.3, 0.4) is 0 Å².